The summed E-state index contributed by atoms with van der Waals surface area (Å²) in [5, 5.41) is 3.45. The average molecular weight is 372 g/mol. The molecule has 0 aromatic rings. The van der Waals surface area contributed by atoms with Crippen molar-refractivity contribution >= 4 is 5.97 Å². The first-order chi connectivity index (χ1) is 12.0. The number of epoxide rings is 1. The predicted octanol–water partition coefficient (Wildman–Crippen LogP) is 1.08. The first kappa shape index (κ1) is 21.6. The van der Waals surface area contributed by atoms with E-state index in [1.165, 1.54) is 0 Å². The van der Waals surface area contributed by atoms with Gasteiger partial charge in [0.15, 0.2) is 0 Å². The highest BCUT2D eigenvalue weighted by Gasteiger charge is 2.50. The highest BCUT2D eigenvalue weighted by atomic mass is 16.8. The number of nitrogens with one attached hydrogen (secondary N) is 1. The minimum Gasteiger partial charge on any atom is -0.459 e. The van der Waals surface area contributed by atoms with Crippen LogP contribution >= 0.6 is 0 Å². The zero-order valence-electron chi connectivity index (χ0n) is 17.4. The van der Waals surface area contributed by atoms with Crippen LogP contribution in [0, 0.1) is 0 Å². The van der Waals surface area contributed by atoms with Crippen molar-refractivity contribution in [3.8, 4) is 0 Å². The maximum atomic E-state index is 12.2. The Balaban J connectivity index is 1.86. The van der Waals surface area contributed by atoms with E-state index in [0.29, 0.717) is 13.2 Å². The zero-order chi connectivity index (χ0) is 19.4. The molecule has 7 nitrogen and oxygen atoms in total. The topological polar surface area (TPSA) is 66.6 Å². The van der Waals surface area contributed by atoms with E-state index >= 15 is 0 Å². The van der Waals surface area contributed by atoms with Crippen LogP contribution in [-0.2, 0) is 19.0 Å². The average Bonchev–Trinajstić information content (AvgIpc) is 3.15. The van der Waals surface area contributed by atoms with Crippen LogP contribution in [0.3, 0.4) is 0 Å². The minimum absolute atomic E-state index is 0.165. The second-order valence-electron chi connectivity index (χ2n) is 9.30. The number of nitrogens with zero attached hydrogens (tertiary/aromatic N) is 2. The fraction of sp³-hybridized carbons (Fsp3) is 0.947. The normalized spacial score (nSPS) is 26.7. The Morgan fingerprint density at radius 2 is 1.58 bits per heavy atom. The summed E-state index contributed by atoms with van der Waals surface area (Å²) in [6.07, 6.45) is 0. The van der Waals surface area contributed by atoms with Crippen molar-refractivity contribution in [2.24, 2.45) is 0 Å². The lowest BCUT2D eigenvalue weighted by molar-refractivity contribution is -0.156. The van der Waals surface area contributed by atoms with E-state index in [1.807, 2.05) is 20.8 Å². The van der Waals surface area contributed by atoms with Crippen LogP contribution in [0.2, 0.25) is 0 Å². The van der Waals surface area contributed by atoms with Crippen LogP contribution in [0.15, 0.2) is 0 Å². The second-order valence-corrected chi connectivity index (χ2v) is 9.30. The molecule has 0 aliphatic carbocycles. The Morgan fingerprint density at radius 1 is 1.00 bits per heavy atom. The summed E-state index contributed by atoms with van der Waals surface area (Å²) in [5.74, 6) is -0.635. The Kier molecular flexibility index (Phi) is 7.07. The monoisotopic (exact) mass is 371 g/mol. The molecule has 1 N–H and O–H groups in total. The molecule has 2 heterocycles. The van der Waals surface area contributed by atoms with Gasteiger partial charge < -0.3 is 19.5 Å². The van der Waals surface area contributed by atoms with E-state index < -0.39 is 11.4 Å². The van der Waals surface area contributed by atoms with Gasteiger partial charge >= 0.3 is 5.97 Å². The third-order valence-corrected chi connectivity index (χ3v) is 4.14. The third kappa shape index (κ3) is 8.31. The van der Waals surface area contributed by atoms with Crippen LogP contribution in [0.5, 0.6) is 0 Å². The molecule has 0 spiro atoms. The number of hydrogen-bond donors (Lipinski definition) is 1. The molecule has 0 amide bonds. The zero-order valence-corrected chi connectivity index (χ0v) is 17.4. The molecule has 7 heteroatoms. The van der Waals surface area contributed by atoms with Gasteiger partial charge in [0.2, 0.25) is 5.79 Å². The van der Waals surface area contributed by atoms with Gasteiger partial charge in [-0.2, -0.15) is 0 Å². The fourth-order valence-corrected chi connectivity index (χ4v) is 3.14. The molecular weight excluding hydrogens is 334 g/mol. The molecule has 0 aromatic carbocycles. The van der Waals surface area contributed by atoms with Crippen molar-refractivity contribution in [2.75, 3.05) is 59.0 Å². The lowest BCUT2D eigenvalue weighted by Gasteiger charge is -2.31. The van der Waals surface area contributed by atoms with Gasteiger partial charge in [0.1, 0.15) is 12.2 Å². The number of rotatable bonds is 5. The number of esters is 1. The largest absolute Gasteiger partial charge is 0.459 e. The van der Waals surface area contributed by atoms with E-state index in [0.717, 1.165) is 45.8 Å². The van der Waals surface area contributed by atoms with Crippen molar-refractivity contribution in [3.05, 3.63) is 0 Å². The van der Waals surface area contributed by atoms with E-state index in [4.69, 9.17) is 14.2 Å². The SMILES string of the molecule is CC(C)(C)OC(=O)CN1CCNCCN(CC2(OC(C)(C)C)CO2)CC1. The molecule has 0 bridgehead atoms. The molecule has 2 saturated heterocycles. The Labute approximate surface area is 158 Å². The van der Waals surface area contributed by atoms with Gasteiger partial charge in [-0.1, -0.05) is 0 Å². The predicted molar refractivity (Wildman–Crippen MR) is 101 cm³/mol. The molecule has 2 rings (SSSR count). The Hall–Kier alpha value is -0.730. The van der Waals surface area contributed by atoms with Crippen LogP contribution in [0.25, 0.3) is 0 Å². The van der Waals surface area contributed by atoms with Gasteiger partial charge in [-0.3, -0.25) is 14.6 Å². The summed E-state index contributed by atoms with van der Waals surface area (Å²) >= 11 is 0. The summed E-state index contributed by atoms with van der Waals surface area (Å²) < 4.78 is 17.2. The molecule has 1 unspecified atom stereocenters. The summed E-state index contributed by atoms with van der Waals surface area (Å²) in [6.45, 7) is 18.9. The molecule has 2 aliphatic heterocycles. The molecule has 152 valence electrons. The van der Waals surface area contributed by atoms with E-state index in [-0.39, 0.29) is 11.6 Å². The van der Waals surface area contributed by atoms with E-state index in [1.54, 1.807) is 0 Å². The first-order valence-electron chi connectivity index (χ1n) is 9.68. The van der Waals surface area contributed by atoms with Crippen LogP contribution in [0.1, 0.15) is 41.5 Å². The second kappa shape index (κ2) is 8.52. The standard InChI is InChI=1S/C19H37N3O4/c1-17(2,3)25-16(23)13-21-9-7-20-8-10-22(12-11-21)14-19(15-24-19)26-18(4,5)6/h20H,7-15H2,1-6H3. The smallest absolute Gasteiger partial charge is 0.320 e. The molecular formula is C19H37N3O4. The molecule has 0 saturated carbocycles. The number of hydrogen-bond acceptors (Lipinski definition) is 7. The van der Waals surface area contributed by atoms with Gasteiger partial charge in [-0.15, -0.1) is 0 Å². The van der Waals surface area contributed by atoms with Gasteiger partial charge in [0.05, 0.1) is 18.7 Å². The molecule has 2 aliphatic rings. The molecule has 1 atom stereocenters. The molecule has 0 radical (unpaired) electrons. The first-order valence-corrected chi connectivity index (χ1v) is 9.68. The summed E-state index contributed by atoms with van der Waals surface area (Å²) in [4.78, 5) is 16.7. The molecule has 26 heavy (non-hydrogen) atoms. The van der Waals surface area contributed by atoms with Crippen LogP contribution in [-0.4, -0.2) is 91.7 Å². The number of ether oxygens (including phenoxy) is 3. The van der Waals surface area contributed by atoms with Gasteiger partial charge in [0.25, 0.3) is 0 Å². The summed E-state index contributed by atoms with van der Waals surface area (Å²) in [6, 6.07) is 0. The van der Waals surface area contributed by atoms with Crippen molar-refractivity contribution in [3.63, 3.8) is 0 Å². The van der Waals surface area contributed by atoms with E-state index in [9.17, 15) is 4.79 Å². The van der Waals surface area contributed by atoms with Crippen molar-refractivity contribution in [1.82, 2.24) is 15.1 Å². The Bertz CT molecular complexity index is 466. The lowest BCUT2D eigenvalue weighted by Crippen LogP contribution is -2.45. The van der Waals surface area contributed by atoms with Crippen molar-refractivity contribution < 1.29 is 19.0 Å². The summed E-state index contributed by atoms with van der Waals surface area (Å²) in [5.41, 5.74) is -0.669. The van der Waals surface area contributed by atoms with E-state index in [2.05, 4.69) is 35.9 Å². The summed E-state index contributed by atoms with van der Waals surface area (Å²) in [7, 11) is 0. The van der Waals surface area contributed by atoms with Crippen molar-refractivity contribution in [1.29, 1.82) is 0 Å². The van der Waals surface area contributed by atoms with Gasteiger partial charge in [0, 0.05) is 39.3 Å². The quantitative estimate of drug-likeness (QED) is 0.573. The van der Waals surface area contributed by atoms with Gasteiger partial charge in [-0.05, 0) is 41.5 Å². The highest BCUT2D eigenvalue weighted by Crippen LogP contribution is 2.34. The maximum absolute atomic E-state index is 12.2. The van der Waals surface area contributed by atoms with Crippen LogP contribution in [0.4, 0.5) is 0 Å². The number of carbonyl (C=O) groups excluding carboxylic acids is 1. The lowest BCUT2D eigenvalue weighted by atomic mass is 10.2. The highest BCUT2D eigenvalue weighted by molar-refractivity contribution is 5.72. The minimum atomic E-state index is -0.470. The fourth-order valence-electron chi connectivity index (χ4n) is 3.14. The Morgan fingerprint density at radius 3 is 2.12 bits per heavy atom. The molecule has 0 aromatic heterocycles. The molecule has 2 fully saturated rings. The van der Waals surface area contributed by atoms with Crippen LogP contribution < -0.4 is 5.32 Å². The third-order valence-electron chi connectivity index (χ3n) is 4.14. The van der Waals surface area contributed by atoms with Gasteiger partial charge in [-0.25, -0.2) is 0 Å². The maximum Gasteiger partial charge on any atom is 0.320 e. The number of carbonyl (C=O) groups is 1. The van der Waals surface area contributed by atoms with Crippen molar-refractivity contribution in [2.45, 2.75) is 58.5 Å².